The first kappa shape index (κ1) is 18.4. The van der Waals surface area contributed by atoms with Gasteiger partial charge in [0.15, 0.2) is 0 Å². The van der Waals surface area contributed by atoms with Crippen LogP contribution in [0.5, 0.6) is 0 Å². The number of aryl methyl sites for hydroxylation is 1. The smallest absolute Gasteiger partial charge is 0.407 e. The first-order valence-corrected chi connectivity index (χ1v) is 7.93. The molecule has 0 atom stereocenters. The third-order valence-electron chi connectivity index (χ3n) is 3.31. The monoisotopic (exact) mass is 344 g/mol. The third kappa shape index (κ3) is 5.56. The van der Waals surface area contributed by atoms with Crippen molar-refractivity contribution in [1.82, 2.24) is 9.88 Å². The van der Waals surface area contributed by atoms with Gasteiger partial charge in [0, 0.05) is 25.5 Å². The molecule has 7 nitrogen and oxygen atoms in total. The fourth-order valence-corrected chi connectivity index (χ4v) is 2.21. The molecule has 2 amide bonds. The SMILES string of the molecule is Cn1cc(N)cc1C(=O)Nc1ccc(CNC(=O)OC(C)(C)C)cc1. The predicted molar refractivity (Wildman–Crippen MR) is 97.3 cm³/mol. The Balaban J connectivity index is 1.90. The number of carbonyl (C=O) groups is 2. The van der Waals surface area contributed by atoms with Crippen LogP contribution >= 0.6 is 0 Å². The van der Waals surface area contributed by atoms with Gasteiger partial charge >= 0.3 is 6.09 Å². The van der Waals surface area contributed by atoms with Gasteiger partial charge in [-0.1, -0.05) is 12.1 Å². The topological polar surface area (TPSA) is 98.4 Å². The van der Waals surface area contributed by atoms with E-state index >= 15 is 0 Å². The van der Waals surface area contributed by atoms with Gasteiger partial charge in [-0.3, -0.25) is 4.79 Å². The Hall–Kier alpha value is -2.96. The van der Waals surface area contributed by atoms with E-state index in [2.05, 4.69) is 10.6 Å². The standard InChI is InChI=1S/C18H24N4O3/c1-18(2,3)25-17(24)20-10-12-5-7-14(8-6-12)21-16(23)15-9-13(19)11-22(15)4/h5-9,11H,10,19H2,1-4H3,(H,20,24)(H,21,23). The number of hydrogen-bond acceptors (Lipinski definition) is 4. The summed E-state index contributed by atoms with van der Waals surface area (Å²) < 4.78 is 6.85. The molecule has 1 aromatic heterocycles. The van der Waals surface area contributed by atoms with Crippen molar-refractivity contribution >= 4 is 23.4 Å². The lowest BCUT2D eigenvalue weighted by molar-refractivity contribution is 0.0523. The second-order valence-electron chi connectivity index (χ2n) is 6.78. The van der Waals surface area contributed by atoms with E-state index in [1.165, 1.54) is 0 Å². The molecule has 0 fully saturated rings. The number of ether oxygens (including phenoxy) is 1. The van der Waals surface area contributed by atoms with E-state index in [-0.39, 0.29) is 5.91 Å². The molecule has 0 aliphatic rings. The van der Waals surface area contributed by atoms with Crippen molar-refractivity contribution in [3.63, 3.8) is 0 Å². The zero-order valence-electron chi connectivity index (χ0n) is 14.9. The molecule has 0 aliphatic carbocycles. The summed E-state index contributed by atoms with van der Waals surface area (Å²) in [7, 11) is 1.76. The highest BCUT2D eigenvalue weighted by atomic mass is 16.6. The van der Waals surface area contributed by atoms with Crippen molar-refractivity contribution in [3.05, 3.63) is 47.8 Å². The number of anilines is 2. The first-order chi connectivity index (χ1) is 11.6. The molecule has 0 bridgehead atoms. The maximum Gasteiger partial charge on any atom is 0.407 e. The summed E-state index contributed by atoms with van der Waals surface area (Å²) in [4.78, 5) is 23.9. The fourth-order valence-electron chi connectivity index (χ4n) is 2.21. The lowest BCUT2D eigenvalue weighted by Gasteiger charge is -2.19. The summed E-state index contributed by atoms with van der Waals surface area (Å²) in [6.07, 6.45) is 1.21. The van der Waals surface area contributed by atoms with E-state index in [4.69, 9.17) is 10.5 Å². The average molecular weight is 344 g/mol. The maximum absolute atomic E-state index is 12.2. The third-order valence-corrected chi connectivity index (χ3v) is 3.31. The molecule has 25 heavy (non-hydrogen) atoms. The number of nitrogen functional groups attached to an aromatic ring is 1. The van der Waals surface area contributed by atoms with Crippen LogP contribution in [0, 0.1) is 0 Å². The van der Waals surface area contributed by atoms with Crippen LogP contribution in [0.1, 0.15) is 36.8 Å². The molecule has 134 valence electrons. The molecule has 0 saturated carbocycles. The summed E-state index contributed by atoms with van der Waals surface area (Å²) in [6.45, 7) is 5.77. The van der Waals surface area contributed by atoms with Gasteiger partial charge in [0.1, 0.15) is 11.3 Å². The van der Waals surface area contributed by atoms with Gasteiger partial charge in [0.25, 0.3) is 5.91 Å². The van der Waals surface area contributed by atoms with Crippen molar-refractivity contribution < 1.29 is 14.3 Å². The zero-order valence-corrected chi connectivity index (χ0v) is 14.9. The number of nitrogens with two attached hydrogens (primary N) is 1. The molecule has 1 aromatic carbocycles. The summed E-state index contributed by atoms with van der Waals surface area (Å²) in [5, 5.41) is 5.49. The molecule has 0 aliphatic heterocycles. The van der Waals surface area contributed by atoms with Crippen LogP contribution in [0.25, 0.3) is 0 Å². The van der Waals surface area contributed by atoms with Gasteiger partial charge in [-0.25, -0.2) is 4.79 Å². The fraction of sp³-hybridized carbons (Fsp3) is 0.333. The van der Waals surface area contributed by atoms with Gasteiger partial charge in [0.05, 0.1) is 5.69 Å². The van der Waals surface area contributed by atoms with Crippen LogP contribution in [0.15, 0.2) is 36.5 Å². The van der Waals surface area contributed by atoms with Gasteiger partial charge in [-0.15, -0.1) is 0 Å². The highest BCUT2D eigenvalue weighted by Crippen LogP contribution is 2.14. The second-order valence-corrected chi connectivity index (χ2v) is 6.78. The average Bonchev–Trinajstić information content (AvgIpc) is 2.83. The molecule has 0 spiro atoms. The number of hydrogen-bond donors (Lipinski definition) is 3. The lowest BCUT2D eigenvalue weighted by Crippen LogP contribution is -2.32. The van der Waals surface area contributed by atoms with Gasteiger partial charge < -0.3 is 25.7 Å². The van der Waals surface area contributed by atoms with Crippen molar-refractivity contribution in [3.8, 4) is 0 Å². The molecule has 7 heteroatoms. The van der Waals surface area contributed by atoms with E-state index in [1.54, 1.807) is 36.0 Å². The number of carbonyl (C=O) groups excluding carboxylic acids is 2. The van der Waals surface area contributed by atoms with Crippen molar-refractivity contribution in [2.24, 2.45) is 7.05 Å². The number of rotatable bonds is 4. The molecule has 0 unspecified atom stereocenters. The van der Waals surface area contributed by atoms with E-state index in [9.17, 15) is 9.59 Å². The Morgan fingerprint density at radius 3 is 2.36 bits per heavy atom. The normalized spacial score (nSPS) is 11.0. The number of benzene rings is 1. The molecule has 2 rings (SSSR count). The molecule has 2 aromatic rings. The molecule has 1 heterocycles. The number of alkyl carbamates (subject to hydrolysis) is 1. The predicted octanol–water partition coefficient (Wildman–Crippen LogP) is 2.88. The minimum atomic E-state index is -0.529. The number of aromatic nitrogens is 1. The Kier molecular flexibility index (Phi) is 5.36. The summed E-state index contributed by atoms with van der Waals surface area (Å²) in [5.41, 5.74) is 7.72. The van der Waals surface area contributed by atoms with Crippen LogP contribution in [-0.2, 0) is 18.3 Å². The summed E-state index contributed by atoms with van der Waals surface area (Å²) in [6, 6.07) is 8.82. The Morgan fingerprint density at radius 1 is 1.20 bits per heavy atom. The number of amides is 2. The highest BCUT2D eigenvalue weighted by molar-refractivity contribution is 6.03. The number of nitrogens with one attached hydrogen (secondary N) is 2. The Labute approximate surface area is 147 Å². The molecule has 0 saturated heterocycles. The van der Waals surface area contributed by atoms with Gasteiger partial charge in [0.2, 0.25) is 0 Å². The largest absolute Gasteiger partial charge is 0.444 e. The van der Waals surface area contributed by atoms with E-state index < -0.39 is 11.7 Å². The number of nitrogens with zero attached hydrogens (tertiary/aromatic N) is 1. The first-order valence-electron chi connectivity index (χ1n) is 7.93. The van der Waals surface area contributed by atoms with E-state index in [0.29, 0.717) is 23.6 Å². The molecule has 0 radical (unpaired) electrons. The van der Waals surface area contributed by atoms with Crippen LogP contribution in [0.3, 0.4) is 0 Å². The van der Waals surface area contributed by atoms with Crippen molar-refractivity contribution in [2.45, 2.75) is 32.9 Å². The van der Waals surface area contributed by atoms with Crippen LogP contribution in [0.2, 0.25) is 0 Å². The van der Waals surface area contributed by atoms with E-state index in [1.807, 2.05) is 32.9 Å². The van der Waals surface area contributed by atoms with Crippen LogP contribution in [0.4, 0.5) is 16.2 Å². The molecular formula is C18H24N4O3. The minimum Gasteiger partial charge on any atom is -0.444 e. The minimum absolute atomic E-state index is 0.237. The highest BCUT2D eigenvalue weighted by Gasteiger charge is 2.15. The Bertz CT molecular complexity index is 758. The lowest BCUT2D eigenvalue weighted by atomic mass is 10.2. The van der Waals surface area contributed by atoms with Gasteiger partial charge in [-0.2, -0.15) is 0 Å². The van der Waals surface area contributed by atoms with Crippen LogP contribution < -0.4 is 16.4 Å². The van der Waals surface area contributed by atoms with Crippen molar-refractivity contribution in [1.29, 1.82) is 0 Å². The van der Waals surface area contributed by atoms with Gasteiger partial charge in [-0.05, 0) is 44.5 Å². The summed E-state index contributed by atoms with van der Waals surface area (Å²) in [5.74, 6) is -0.237. The molecular weight excluding hydrogens is 320 g/mol. The van der Waals surface area contributed by atoms with Crippen molar-refractivity contribution in [2.75, 3.05) is 11.1 Å². The second kappa shape index (κ2) is 7.29. The molecule has 4 N–H and O–H groups in total. The quantitative estimate of drug-likeness (QED) is 0.794. The zero-order chi connectivity index (χ0) is 18.6. The van der Waals surface area contributed by atoms with E-state index in [0.717, 1.165) is 5.56 Å². The summed E-state index contributed by atoms with van der Waals surface area (Å²) >= 11 is 0. The Morgan fingerprint density at radius 2 is 1.84 bits per heavy atom. The van der Waals surface area contributed by atoms with Crippen LogP contribution in [-0.4, -0.2) is 22.2 Å². The maximum atomic E-state index is 12.2.